The molecule has 2 heterocycles. The summed E-state index contributed by atoms with van der Waals surface area (Å²) in [6.45, 7) is 0. The van der Waals surface area contributed by atoms with Crippen molar-refractivity contribution in [3.63, 3.8) is 0 Å². The molecular formula is C58H38N2. The summed E-state index contributed by atoms with van der Waals surface area (Å²) in [4.78, 5) is 0. The Morgan fingerprint density at radius 1 is 0.300 bits per heavy atom. The van der Waals surface area contributed by atoms with Gasteiger partial charge in [0.15, 0.2) is 0 Å². The predicted octanol–water partition coefficient (Wildman–Crippen LogP) is 15.7. The normalized spacial score (nSPS) is 12.4. The van der Waals surface area contributed by atoms with Crippen LogP contribution in [0.1, 0.15) is 4.11 Å². The van der Waals surface area contributed by atoms with E-state index in [0.717, 1.165) is 93.8 Å². The molecule has 0 amide bonds. The van der Waals surface area contributed by atoms with Gasteiger partial charge in [-0.25, -0.2) is 0 Å². The maximum Gasteiger partial charge on any atom is 0.0645 e. The van der Waals surface area contributed by atoms with E-state index in [4.69, 9.17) is 0 Å². The topological polar surface area (TPSA) is 9.86 Å². The molecule has 0 N–H and O–H groups in total. The Hall–Kier alpha value is -7.94. The fraction of sp³-hybridized carbons (Fsp3) is 0. The Bertz CT molecular complexity index is 3770. The van der Waals surface area contributed by atoms with Gasteiger partial charge in [-0.05, 0) is 104 Å². The number of rotatable bonds is 6. The minimum Gasteiger partial charge on any atom is -0.309 e. The summed E-state index contributed by atoms with van der Waals surface area (Å²) in [7, 11) is 0. The molecule has 0 fully saturated rings. The minimum atomic E-state index is 0.0288. The Balaban J connectivity index is 1.12. The van der Waals surface area contributed by atoms with Gasteiger partial charge in [-0.15, -0.1) is 0 Å². The third kappa shape index (κ3) is 5.50. The van der Waals surface area contributed by atoms with E-state index in [9.17, 15) is 4.11 Å². The van der Waals surface area contributed by atoms with Crippen molar-refractivity contribution in [2.75, 3.05) is 0 Å². The van der Waals surface area contributed by atoms with Crippen molar-refractivity contribution >= 4 is 54.4 Å². The first-order valence-corrected chi connectivity index (χ1v) is 20.4. The largest absolute Gasteiger partial charge is 0.309 e. The number of nitrogens with zero attached hydrogens (tertiary/aromatic N) is 2. The van der Waals surface area contributed by atoms with Crippen LogP contribution in [0.4, 0.5) is 0 Å². The van der Waals surface area contributed by atoms with Crippen LogP contribution in [0.3, 0.4) is 0 Å². The molecule has 0 saturated carbocycles. The molecule has 0 spiro atoms. The highest BCUT2D eigenvalue weighted by molar-refractivity contribution is 6.17. The standard InChI is InChI=1S/C58H38N2/c1-3-15-39(16-4-1)42-21-11-23-46(35-42)59-55-30-10-9-26-50(55)53-37-44(31-33-56(53)59)45-32-34-57-54(38-45)52-29-14-28-51(49-27-13-20-41-19-7-8-25-48(41)49)58(52)60(57)47-24-12-22-43(36-47)40-17-5-2-6-18-40/h1-38H/i32D,34D,38D. The van der Waals surface area contributed by atoms with Crippen LogP contribution in [-0.4, -0.2) is 9.13 Å². The lowest BCUT2D eigenvalue weighted by Gasteiger charge is -2.14. The van der Waals surface area contributed by atoms with Crippen LogP contribution < -0.4 is 0 Å². The first-order chi connectivity index (χ1) is 31.0. The second-order valence-electron chi connectivity index (χ2n) is 15.5. The van der Waals surface area contributed by atoms with Crippen molar-refractivity contribution in [2.24, 2.45) is 0 Å². The number of hydrogen-bond donors (Lipinski definition) is 0. The van der Waals surface area contributed by atoms with E-state index < -0.39 is 0 Å². The third-order valence-corrected chi connectivity index (χ3v) is 12.0. The van der Waals surface area contributed by atoms with Crippen LogP contribution in [0.25, 0.3) is 110 Å². The van der Waals surface area contributed by atoms with Gasteiger partial charge in [-0.3, -0.25) is 0 Å². The number of fused-ring (bicyclic) bond motifs is 7. The van der Waals surface area contributed by atoms with Crippen LogP contribution in [0, 0.1) is 0 Å². The zero-order valence-electron chi connectivity index (χ0n) is 35.6. The average Bonchev–Trinajstić information content (AvgIpc) is 3.88. The van der Waals surface area contributed by atoms with E-state index in [0.29, 0.717) is 16.5 Å². The van der Waals surface area contributed by atoms with Crippen molar-refractivity contribution < 1.29 is 4.11 Å². The third-order valence-electron chi connectivity index (χ3n) is 12.0. The summed E-state index contributed by atoms with van der Waals surface area (Å²) in [6, 6.07) is 73.9. The van der Waals surface area contributed by atoms with E-state index >= 15 is 0 Å². The molecule has 0 saturated heterocycles. The molecule has 0 bridgehead atoms. The molecule has 0 atom stereocenters. The maximum absolute atomic E-state index is 10.1. The molecule has 12 aromatic rings. The quantitative estimate of drug-likeness (QED) is 0.160. The summed E-state index contributed by atoms with van der Waals surface area (Å²) in [5.74, 6) is 0. The molecular weight excluding hydrogens is 725 g/mol. The number of benzene rings is 10. The van der Waals surface area contributed by atoms with E-state index in [2.05, 4.69) is 191 Å². The van der Waals surface area contributed by atoms with E-state index in [1.165, 1.54) is 0 Å². The number of aromatic nitrogens is 2. The van der Waals surface area contributed by atoms with E-state index in [1.807, 2.05) is 30.3 Å². The fourth-order valence-corrected chi connectivity index (χ4v) is 9.26. The first kappa shape index (κ1) is 31.1. The predicted molar refractivity (Wildman–Crippen MR) is 254 cm³/mol. The van der Waals surface area contributed by atoms with Crippen molar-refractivity contribution in [2.45, 2.75) is 0 Å². The Kier molecular flexibility index (Phi) is 7.19. The molecule has 280 valence electrons. The highest BCUT2D eigenvalue weighted by Crippen LogP contribution is 2.43. The Labute approximate surface area is 352 Å². The molecule has 0 aliphatic rings. The van der Waals surface area contributed by atoms with Gasteiger partial charge in [0.25, 0.3) is 0 Å². The van der Waals surface area contributed by atoms with Crippen molar-refractivity contribution in [1.82, 2.24) is 9.13 Å². The lowest BCUT2D eigenvalue weighted by Crippen LogP contribution is -1.96. The molecule has 2 nitrogen and oxygen atoms in total. The van der Waals surface area contributed by atoms with Crippen LogP contribution >= 0.6 is 0 Å². The maximum atomic E-state index is 10.1. The van der Waals surface area contributed by atoms with Crippen LogP contribution in [0.15, 0.2) is 230 Å². The highest BCUT2D eigenvalue weighted by Gasteiger charge is 2.20. The van der Waals surface area contributed by atoms with Gasteiger partial charge in [-0.1, -0.05) is 176 Å². The van der Waals surface area contributed by atoms with Crippen LogP contribution in [0.5, 0.6) is 0 Å². The summed E-state index contributed by atoms with van der Waals surface area (Å²) < 4.78 is 34.3. The first-order valence-electron chi connectivity index (χ1n) is 21.9. The smallest absolute Gasteiger partial charge is 0.0645 e. The molecule has 2 aromatic heterocycles. The lowest BCUT2D eigenvalue weighted by molar-refractivity contribution is 1.18. The second kappa shape index (κ2) is 13.9. The van der Waals surface area contributed by atoms with Crippen molar-refractivity contribution in [1.29, 1.82) is 0 Å². The molecule has 12 rings (SSSR count). The second-order valence-corrected chi connectivity index (χ2v) is 15.5. The van der Waals surface area contributed by atoms with Gasteiger partial charge in [0.2, 0.25) is 0 Å². The van der Waals surface area contributed by atoms with Gasteiger partial charge in [0.1, 0.15) is 0 Å². The number of hydrogen-bond acceptors (Lipinski definition) is 0. The molecule has 10 aromatic carbocycles. The zero-order valence-corrected chi connectivity index (χ0v) is 32.6. The molecule has 60 heavy (non-hydrogen) atoms. The Morgan fingerprint density at radius 3 is 1.62 bits per heavy atom. The van der Waals surface area contributed by atoms with Crippen molar-refractivity contribution in [3.8, 4) is 55.9 Å². The van der Waals surface area contributed by atoms with Crippen LogP contribution in [0.2, 0.25) is 0 Å². The van der Waals surface area contributed by atoms with Gasteiger partial charge in [-0.2, -0.15) is 0 Å². The summed E-state index contributed by atoms with van der Waals surface area (Å²) >= 11 is 0. The molecule has 0 radical (unpaired) electrons. The monoisotopic (exact) mass is 765 g/mol. The van der Waals surface area contributed by atoms with Gasteiger partial charge in [0, 0.05) is 38.5 Å². The van der Waals surface area contributed by atoms with E-state index in [-0.39, 0.29) is 18.1 Å². The van der Waals surface area contributed by atoms with E-state index in [1.54, 1.807) is 0 Å². The molecule has 0 aliphatic carbocycles. The molecule has 0 unspecified atom stereocenters. The Morgan fingerprint density at radius 2 is 0.850 bits per heavy atom. The molecule has 2 heteroatoms. The fourth-order valence-electron chi connectivity index (χ4n) is 9.26. The van der Waals surface area contributed by atoms with Gasteiger partial charge in [0.05, 0.1) is 26.2 Å². The zero-order chi connectivity index (χ0) is 42.2. The van der Waals surface area contributed by atoms with Gasteiger partial charge < -0.3 is 9.13 Å². The van der Waals surface area contributed by atoms with Crippen molar-refractivity contribution in [3.05, 3.63) is 230 Å². The summed E-state index contributed by atoms with van der Waals surface area (Å²) in [5.41, 5.74) is 13.2. The SMILES string of the molecule is [2H]c1c(-c2ccc3c(c2)c2ccccc2n3-c2cccc(-c3ccccc3)c2)c([2H])c2c3cccc(-c4cccc5ccccc45)c3n(-c3cccc(-c4ccccc4)c3)c2c1[2H]. The summed E-state index contributed by atoms with van der Waals surface area (Å²) in [5, 5.41) is 5.90. The lowest BCUT2D eigenvalue weighted by atomic mass is 9.96. The average molecular weight is 766 g/mol. The minimum absolute atomic E-state index is 0.0288. The number of para-hydroxylation sites is 2. The van der Waals surface area contributed by atoms with Gasteiger partial charge >= 0.3 is 0 Å². The van der Waals surface area contributed by atoms with Crippen LogP contribution in [-0.2, 0) is 0 Å². The highest BCUT2D eigenvalue weighted by atomic mass is 15.0. The summed E-state index contributed by atoms with van der Waals surface area (Å²) in [6.07, 6.45) is 0. The molecule has 0 aliphatic heterocycles.